The zero-order chi connectivity index (χ0) is 17.0. The van der Waals surface area contributed by atoms with Crippen molar-refractivity contribution < 1.29 is 9.53 Å². The van der Waals surface area contributed by atoms with E-state index in [1.807, 2.05) is 58.0 Å². The first-order valence-electron chi connectivity index (χ1n) is 7.49. The van der Waals surface area contributed by atoms with Gasteiger partial charge in [0.1, 0.15) is 0 Å². The number of hydrogen-bond donors (Lipinski definition) is 1. The smallest absolute Gasteiger partial charge is 0.316 e. The molecule has 0 unspecified atom stereocenters. The number of hydrogen-bond acceptors (Lipinski definition) is 5. The highest BCUT2D eigenvalue weighted by Gasteiger charge is 2.14. The van der Waals surface area contributed by atoms with E-state index >= 15 is 0 Å². The van der Waals surface area contributed by atoms with E-state index in [2.05, 4.69) is 15.3 Å². The molecular weight excluding hydrogens is 292 g/mol. The molecule has 1 amide bonds. The number of rotatable bonds is 5. The minimum Gasteiger partial charge on any atom is -0.464 e. The van der Waals surface area contributed by atoms with Crippen LogP contribution in [-0.4, -0.2) is 36.6 Å². The highest BCUT2D eigenvalue weighted by atomic mass is 16.5. The van der Waals surface area contributed by atoms with Crippen LogP contribution in [0.25, 0.3) is 0 Å². The standard InChI is InChI=1S/C17H22N4O2/c1-6-23-17-18-11(2)15(12(3)19-17)20-16(22)13-8-7-9-14(10-13)21(4)5/h7-10H,6H2,1-5H3,(H,20,22). The van der Waals surface area contributed by atoms with Gasteiger partial charge in [-0.15, -0.1) is 0 Å². The van der Waals surface area contributed by atoms with E-state index in [1.165, 1.54) is 0 Å². The van der Waals surface area contributed by atoms with Crippen molar-refractivity contribution in [3.05, 3.63) is 41.2 Å². The fraction of sp³-hybridized carbons (Fsp3) is 0.353. The second kappa shape index (κ2) is 7.09. The summed E-state index contributed by atoms with van der Waals surface area (Å²) >= 11 is 0. The highest BCUT2D eigenvalue weighted by molar-refractivity contribution is 6.05. The van der Waals surface area contributed by atoms with Gasteiger partial charge in [0, 0.05) is 25.3 Å². The van der Waals surface area contributed by atoms with E-state index in [1.54, 1.807) is 6.07 Å². The van der Waals surface area contributed by atoms with Crippen molar-refractivity contribution in [2.75, 3.05) is 30.9 Å². The van der Waals surface area contributed by atoms with Crippen LogP contribution in [0.15, 0.2) is 24.3 Å². The first kappa shape index (κ1) is 16.7. The Morgan fingerprint density at radius 1 is 1.22 bits per heavy atom. The predicted molar refractivity (Wildman–Crippen MR) is 91.4 cm³/mol. The van der Waals surface area contributed by atoms with Gasteiger partial charge < -0.3 is 15.0 Å². The van der Waals surface area contributed by atoms with Crippen molar-refractivity contribution in [3.8, 4) is 6.01 Å². The molecule has 1 heterocycles. The topological polar surface area (TPSA) is 67.3 Å². The lowest BCUT2D eigenvalue weighted by Crippen LogP contribution is -2.16. The summed E-state index contributed by atoms with van der Waals surface area (Å²) in [4.78, 5) is 23.0. The molecule has 1 aromatic heterocycles. The third-order valence-electron chi connectivity index (χ3n) is 3.39. The average molecular weight is 314 g/mol. The number of nitrogens with zero attached hydrogens (tertiary/aromatic N) is 3. The molecule has 2 aromatic rings. The minimum atomic E-state index is -0.187. The number of carbonyl (C=O) groups is 1. The van der Waals surface area contributed by atoms with Crippen LogP contribution in [-0.2, 0) is 0 Å². The maximum atomic E-state index is 12.5. The number of carbonyl (C=O) groups excluding carboxylic acids is 1. The van der Waals surface area contributed by atoms with Gasteiger partial charge in [-0.3, -0.25) is 4.79 Å². The van der Waals surface area contributed by atoms with Crippen LogP contribution in [0.5, 0.6) is 6.01 Å². The highest BCUT2D eigenvalue weighted by Crippen LogP contribution is 2.21. The Morgan fingerprint density at radius 2 is 1.87 bits per heavy atom. The summed E-state index contributed by atoms with van der Waals surface area (Å²) in [5, 5.41) is 2.89. The number of amides is 1. The van der Waals surface area contributed by atoms with E-state index in [0.29, 0.717) is 35.3 Å². The molecule has 0 atom stereocenters. The van der Waals surface area contributed by atoms with Gasteiger partial charge in [0.05, 0.1) is 23.7 Å². The quantitative estimate of drug-likeness (QED) is 0.919. The molecule has 1 N–H and O–H groups in total. The van der Waals surface area contributed by atoms with Crippen molar-refractivity contribution in [1.29, 1.82) is 0 Å². The van der Waals surface area contributed by atoms with E-state index in [4.69, 9.17) is 4.74 Å². The van der Waals surface area contributed by atoms with Crippen molar-refractivity contribution in [2.24, 2.45) is 0 Å². The van der Waals surface area contributed by atoms with Gasteiger partial charge in [-0.05, 0) is 39.0 Å². The van der Waals surface area contributed by atoms with Gasteiger partial charge in [-0.2, -0.15) is 9.97 Å². The molecule has 6 heteroatoms. The third-order valence-corrected chi connectivity index (χ3v) is 3.39. The summed E-state index contributed by atoms with van der Waals surface area (Å²) < 4.78 is 5.31. The van der Waals surface area contributed by atoms with Crippen LogP contribution >= 0.6 is 0 Å². The van der Waals surface area contributed by atoms with Gasteiger partial charge in [0.25, 0.3) is 5.91 Å². The Bertz CT molecular complexity index is 690. The summed E-state index contributed by atoms with van der Waals surface area (Å²) in [7, 11) is 3.87. The van der Waals surface area contributed by atoms with Crippen molar-refractivity contribution >= 4 is 17.3 Å². The zero-order valence-corrected chi connectivity index (χ0v) is 14.2. The molecule has 23 heavy (non-hydrogen) atoms. The molecule has 0 bridgehead atoms. The third kappa shape index (κ3) is 3.97. The summed E-state index contributed by atoms with van der Waals surface area (Å²) in [6.07, 6.45) is 0. The van der Waals surface area contributed by atoms with Crippen LogP contribution < -0.4 is 15.0 Å². The summed E-state index contributed by atoms with van der Waals surface area (Å²) in [5.74, 6) is -0.187. The SMILES string of the molecule is CCOc1nc(C)c(NC(=O)c2cccc(N(C)C)c2)c(C)n1. The monoisotopic (exact) mass is 314 g/mol. The Hall–Kier alpha value is -2.63. The number of ether oxygens (including phenoxy) is 1. The number of aromatic nitrogens is 2. The number of benzene rings is 1. The Balaban J connectivity index is 2.25. The second-order valence-corrected chi connectivity index (χ2v) is 5.38. The molecule has 0 fully saturated rings. The fourth-order valence-corrected chi connectivity index (χ4v) is 2.17. The maximum Gasteiger partial charge on any atom is 0.316 e. The first-order valence-corrected chi connectivity index (χ1v) is 7.49. The average Bonchev–Trinajstić information content (AvgIpc) is 2.51. The molecule has 0 aliphatic rings. The maximum absolute atomic E-state index is 12.5. The number of aryl methyl sites for hydroxylation is 2. The van der Waals surface area contributed by atoms with Crippen LogP contribution in [0.1, 0.15) is 28.7 Å². The molecule has 0 saturated carbocycles. The fourth-order valence-electron chi connectivity index (χ4n) is 2.17. The summed E-state index contributed by atoms with van der Waals surface area (Å²) in [5.41, 5.74) is 3.53. The minimum absolute atomic E-state index is 0.187. The molecule has 0 aliphatic carbocycles. The zero-order valence-electron chi connectivity index (χ0n) is 14.2. The van der Waals surface area contributed by atoms with E-state index in [9.17, 15) is 4.79 Å². The Morgan fingerprint density at radius 3 is 2.43 bits per heavy atom. The van der Waals surface area contributed by atoms with Gasteiger partial charge in [-0.25, -0.2) is 0 Å². The molecule has 2 rings (SSSR count). The molecule has 6 nitrogen and oxygen atoms in total. The van der Waals surface area contributed by atoms with E-state index in [0.717, 1.165) is 5.69 Å². The van der Waals surface area contributed by atoms with Crippen molar-refractivity contribution in [1.82, 2.24) is 9.97 Å². The lowest BCUT2D eigenvalue weighted by Gasteiger charge is -2.15. The summed E-state index contributed by atoms with van der Waals surface area (Å²) in [6.45, 7) is 6.02. The lowest BCUT2D eigenvalue weighted by atomic mass is 10.1. The van der Waals surface area contributed by atoms with Crippen LogP contribution in [0.3, 0.4) is 0 Å². The largest absolute Gasteiger partial charge is 0.464 e. The second-order valence-electron chi connectivity index (χ2n) is 5.38. The molecule has 0 aliphatic heterocycles. The molecule has 122 valence electrons. The van der Waals surface area contributed by atoms with Gasteiger partial charge in [-0.1, -0.05) is 6.07 Å². The first-order chi connectivity index (χ1) is 10.9. The molecule has 0 radical (unpaired) electrons. The lowest BCUT2D eigenvalue weighted by molar-refractivity contribution is 0.102. The van der Waals surface area contributed by atoms with Crippen molar-refractivity contribution in [3.63, 3.8) is 0 Å². The van der Waals surface area contributed by atoms with E-state index in [-0.39, 0.29) is 5.91 Å². The normalized spacial score (nSPS) is 10.3. The Kier molecular flexibility index (Phi) is 5.16. The summed E-state index contributed by atoms with van der Waals surface area (Å²) in [6, 6.07) is 7.76. The van der Waals surface area contributed by atoms with Crippen LogP contribution in [0.4, 0.5) is 11.4 Å². The molecule has 0 saturated heterocycles. The molecular formula is C17H22N4O2. The molecule has 1 aromatic carbocycles. The van der Waals surface area contributed by atoms with Crippen LogP contribution in [0.2, 0.25) is 0 Å². The van der Waals surface area contributed by atoms with Crippen LogP contribution in [0, 0.1) is 13.8 Å². The van der Waals surface area contributed by atoms with Gasteiger partial charge >= 0.3 is 6.01 Å². The van der Waals surface area contributed by atoms with Crippen molar-refractivity contribution in [2.45, 2.75) is 20.8 Å². The predicted octanol–water partition coefficient (Wildman–Crippen LogP) is 2.81. The van der Waals surface area contributed by atoms with E-state index < -0.39 is 0 Å². The number of anilines is 2. The van der Waals surface area contributed by atoms with Gasteiger partial charge in [0.15, 0.2) is 0 Å². The molecule has 0 spiro atoms. The number of nitrogens with one attached hydrogen (secondary N) is 1. The van der Waals surface area contributed by atoms with Gasteiger partial charge in [0.2, 0.25) is 0 Å². The Labute approximate surface area is 136 Å².